The zero-order valence-electron chi connectivity index (χ0n) is 19.7. The molecule has 0 saturated carbocycles. The standard InChI is InChI=1S/C20H35N9O6/c1-10(2)15(29-16(31)12(21)6-11-7-24-9-26-11)18(33)27-13(4-3-5-25-20(22)23)17(32)28-14(8-30)19(34)35/h7,9-10,12-15,30H,3-6,8,21H2,1-2H3,(H,24,26)(H,27,33)(H,28,32)(H,29,31)(H,34,35)(H4,22,23,25). The zero-order valence-corrected chi connectivity index (χ0v) is 19.7. The lowest BCUT2D eigenvalue weighted by atomic mass is 10.0. The van der Waals surface area contributed by atoms with Gasteiger partial charge in [0.2, 0.25) is 17.7 Å². The molecule has 0 saturated heterocycles. The van der Waals surface area contributed by atoms with Gasteiger partial charge in [0.05, 0.1) is 19.0 Å². The molecule has 4 atom stereocenters. The number of imidazole rings is 1. The first-order valence-electron chi connectivity index (χ1n) is 11.0. The number of aliphatic hydroxyl groups excluding tert-OH is 1. The first-order chi connectivity index (χ1) is 16.5. The molecule has 1 aromatic rings. The van der Waals surface area contributed by atoms with E-state index in [4.69, 9.17) is 22.3 Å². The number of nitrogens with one attached hydrogen (secondary N) is 4. The number of H-pyrrole nitrogens is 1. The topological polar surface area (TPSA) is 264 Å². The summed E-state index contributed by atoms with van der Waals surface area (Å²) in [7, 11) is 0. The van der Waals surface area contributed by atoms with E-state index in [-0.39, 0.29) is 37.7 Å². The van der Waals surface area contributed by atoms with Crippen LogP contribution in [0.25, 0.3) is 0 Å². The monoisotopic (exact) mass is 497 g/mol. The van der Waals surface area contributed by atoms with Crippen molar-refractivity contribution < 1.29 is 29.4 Å². The first kappa shape index (κ1) is 29.3. The molecule has 4 unspecified atom stereocenters. The first-order valence-corrected chi connectivity index (χ1v) is 11.0. The molecule has 0 aromatic carbocycles. The second kappa shape index (κ2) is 14.5. The highest BCUT2D eigenvalue weighted by molar-refractivity contribution is 5.94. The quantitative estimate of drug-likeness (QED) is 0.0656. The number of carboxylic acid groups (broad SMARTS) is 1. The van der Waals surface area contributed by atoms with Gasteiger partial charge in [0, 0.05) is 24.9 Å². The molecule has 3 amide bonds. The number of hydrogen-bond acceptors (Lipinski definition) is 8. The molecule has 0 aliphatic heterocycles. The summed E-state index contributed by atoms with van der Waals surface area (Å²) < 4.78 is 0. The molecule has 0 aliphatic carbocycles. The van der Waals surface area contributed by atoms with E-state index in [0.717, 1.165) is 0 Å². The van der Waals surface area contributed by atoms with Crippen molar-refractivity contribution in [3.05, 3.63) is 18.2 Å². The summed E-state index contributed by atoms with van der Waals surface area (Å²) in [6.45, 7) is 2.72. The van der Waals surface area contributed by atoms with Crippen LogP contribution in [0, 0.1) is 5.92 Å². The minimum atomic E-state index is -1.55. The smallest absolute Gasteiger partial charge is 0.328 e. The summed E-state index contributed by atoms with van der Waals surface area (Å²) in [4.78, 5) is 59.9. The third kappa shape index (κ3) is 10.4. The predicted molar refractivity (Wildman–Crippen MR) is 126 cm³/mol. The van der Waals surface area contributed by atoms with Crippen molar-refractivity contribution >= 4 is 29.7 Å². The molecule has 12 N–H and O–H groups in total. The maximum atomic E-state index is 13.0. The Morgan fingerprint density at radius 2 is 1.74 bits per heavy atom. The van der Waals surface area contributed by atoms with E-state index >= 15 is 0 Å². The van der Waals surface area contributed by atoms with Gasteiger partial charge in [-0.05, 0) is 18.8 Å². The normalized spacial score (nSPS) is 14.3. The number of aliphatic carboxylic acids is 1. The van der Waals surface area contributed by atoms with Gasteiger partial charge >= 0.3 is 5.97 Å². The molecule has 1 rings (SSSR count). The van der Waals surface area contributed by atoms with Crippen LogP contribution in [-0.2, 0) is 25.6 Å². The number of aromatic amines is 1. The van der Waals surface area contributed by atoms with Crippen LogP contribution < -0.4 is 33.2 Å². The average molecular weight is 498 g/mol. The van der Waals surface area contributed by atoms with Crippen LogP contribution in [0.2, 0.25) is 0 Å². The number of aromatic nitrogens is 2. The molecular formula is C20H35N9O6. The van der Waals surface area contributed by atoms with E-state index in [2.05, 4.69) is 30.9 Å². The van der Waals surface area contributed by atoms with Crippen molar-refractivity contribution in [3.63, 3.8) is 0 Å². The largest absolute Gasteiger partial charge is 0.480 e. The Morgan fingerprint density at radius 3 is 2.26 bits per heavy atom. The van der Waals surface area contributed by atoms with Crippen molar-refractivity contribution in [2.45, 2.75) is 57.3 Å². The lowest BCUT2D eigenvalue weighted by Crippen LogP contribution is -2.58. The Morgan fingerprint density at radius 1 is 1.09 bits per heavy atom. The summed E-state index contributed by atoms with van der Waals surface area (Å²) >= 11 is 0. The fourth-order valence-corrected chi connectivity index (χ4v) is 3.01. The minimum Gasteiger partial charge on any atom is -0.480 e. The van der Waals surface area contributed by atoms with E-state index in [1.54, 1.807) is 13.8 Å². The van der Waals surface area contributed by atoms with Crippen LogP contribution in [-0.4, -0.2) is 87.2 Å². The molecule has 0 bridgehead atoms. The number of aliphatic hydroxyl groups is 1. The van der Waals surface area contributed by atoms with Gasteiger partial charge in [-0.2, -0.15) is 0 Å². The van der Waals surface area contributed by atoms with Gasteiger partial charge in [0.15, 0.2) is 5.96 Å². The number of hydrogen-bond donors (Lipinski definition) is 9. The Labute approximate surface area is 202 Å². The van der Waals surface area contributed by atoms with Crippen molar-refractivity contribution in [2.75, 3.05) is 13.2 Å². The van der Waals surface area contributed by atoms with Crippen molar-refractivity contribution in [1.29, 1.82) is 0 Å². The van der Waals surface area contributed by atoms with Crippen LogP contribution in [0.3, 0.4) is 0 Å². The molecule has 0 spiro atoms. The van der Waals surface area contributed by atoms with Crippen LogP contribution in [0.5, 0.6) is 0 Å². The lowest BCUT2D eigenvalue weighted by Gasteiger charge is -2.26. The second-order valence-corrected chi connectivity index (χ2v) is 8.21. The molecule has 196 valence electrons. The summed E-state index contributed by atoms with van der Waals surface area (Å²) in [5, 5.41) is 25.6. The number of aliphatic imine (C=N–C) groups is 1. The maximum Gasteiger partial charge on any atom is 0.328 e. The second-order valence-electron chi connectivity index (χ2n) is 8.21. The summed E-state index contributed by atoms with van der Waals surface area (Å²) in [6.07, 6.45) is 3.49. The molecule has 35 heavy (non-hydrogen) atoms. The predicted octanol–water partition coefficient (Wildman–Crippen LogP) is -3.48. The van der Waals surface area contributed by atoms with E-state index < -0.39 is 54.5 Å². The highest BCUT2D eigenvalue weighted by Crippen LogP contribution is 2.07. The molecule has 1 heterocycles. The Hall–Kier alpha value is -3.72. The molecule has 1 aromatic heterocycles. The lowest BCUT2D eigenvalue weighted by molar-refractivity contribution is -0.143. The summed E-state index contributed by atoms with van der Waals surface area (Å²) in [5.74, 6) is -4.02. The maximum absolute atomic E-state index is 13.0. The van der Waals surface area contributed by atoms with E-state index in [0.29, 0.717) is 5.69 Å². The van der Waals surface area contributed by atoms with Crippen LogP contribution in [0.1, 0.15) is 32.4 Å². The molecule has 15 heteroatoms. The summed E-state index contributed by atoms with van der Waals surface area (Å²) in [5.41, 5.74) is 17.2. The number of amides is 3. The van der Waals surface area contributed by atoms with Gasteiger partial charge < -0.3 is 48.3 Å². The van der Waals surface area contributed by atoms with Gasteiger partial charge in [0.1, 0.15) is 18.1 Å². The molecule has 0 aliphatic rings. The third-order valence-electron chi connectivity index (χ3n) is 4.95. The number of carbonyl (C=O) groups excluding carboxylic acids is 3. The van der Waals surface area contributed by atoms with Gasteiger partial charge in [-0.3, -0.25) is 19.4 Å². The van der Waals surface area contributed by atoms with Crippen molar-refractivity contribution in [2.24, 2.45) is 28.1 Å². The van der Waals surface area contributed by atoms with E-state index in [9.17, 15) is 24.3 Å². The van der Waals surface area contributed by atoms with Gasteiger partial charge in [0.25, 0.3) is 0 Å². The molecule has 0 fully saturated rings. The van der Waals surface area contributed by atoms with E-state index in [1.165, 1.54) is 12.5 Å². The van der Waals surface area contributed by atoms with Crippen LogP contribution >= 0.6 is 0 Å². The van der Waals surface area contributed by atoms with Crippen LogP contribution in [0.4, 0.5) is 0 Å². The Balaban J connectivity index is 2.91. The van der Waals surface area contributed by atoms with Gasteiger partial charge in [-0.1, -0.05) is 13.8 Å². The average Bonchev–Trinajstić information content (AvgIpc) is 3.29. The van der Waals surface area contributed by atoms with E-state index in [1.807, 2.05) is 0 Å². The van der Waals surface area contributed by atoms with Crippen molar-refractivity contribution in [1.82, 2.24) is 25.9 Å². The number of carbonyl (C=O) groups is 4. The van der Waals surface area contributed by atoms with Gasteiger partial charge in [-0.25, -0.2) is 9.78 Å². The Bertz CT molecular complexity index is 870. The third-order valence-corrected chi connectivity index (χ3v) is 4.95. The summed E-state index contributed by atoms with van der Waals surface area (Å²) in [6, 6.07) is -4.72. The van der Waals surface area contributed by atoms with Gasteiger partial charge in [-0.15, -0.1) is 0 Å². The molecule has 0 radical (unpaired) electrons. The number of carboxylic acids is 1. The fourth-order valence-electron chi connectivity index (χ4n) is 3.01. The number of guanidine groups is 1. The SMILES string of the molecule is CC(C)C(NC(=O)C(N)Cc1cnc[nH]1)C(=O)NC(CCCN=C(N)N)C(=O)NC(CO)C(=O)O. The fraction of sp³-hybridized carbons (Fsp3) is 0.600. The zero-order chi connectivity index (χ0) is 26.5. The Kier molecular flexibility index (Phi) is 12.2. The highest BCUT2D eigenvalue weighted by Gasteiger charge is 2.31. The number of nitrogens with zero attached hydrogens (tertiary/aromatic N) is 2. The number of rotatable bonds is 15. The van der Waals surface area contributed by atoms with Crippen LogP contribution in [0.15, 0.2) is 17.5 Å². The number of nitrogens with two attached hydrogens (primary N) is 3. The molecular weight excluding hydrogens is 462 g/mol. The highest BCUT2D eigenvalue weighted by atomic mass is 16.4. The minimum absolute atomic E-state index is 0.0597. The van der Waals surface area contributed by atoms with Crippen molar-refractivity contribution in [3.8, 4) is 0 Å². The molecule has 15 nitrogen and oxygen atoms in total.